The van der Waals surface area contributed by atoms with E-state index in [1.807, 2.05) is 6.08 Å². The van der Waals surface area contributed by atoms with Gasteiger partial charge in [-0.15, -0.1) is 0 Å². The number of ketones is 2. The van der Waals surface area contributed by atoms with E-state index in [1.54, 1.807) is 24.3 Å². The number of carbonyl (C=O) groups excluding carboxylic acids is 4. The maximum Gasteiger partial charge on any atom is 0.488 e. The first-order chi connectivity index (χ1) is 19.1. The second-order valence-electron chi connectivity index (χ2n) is 10.3. The largest absolute Gasteiger partial charge is 0.504 e. The number of ether oxygens (including phenoxy) is 1. The number of hydrogen-bond donors (Lipinski definition) is 3. The summed E-state index contributed by atoms with van der Waals surface area (Å²) in [6.07, 6.45) is 3.53. The van der Waals surface area contributed by atoms with E-state index < -0.39 is 42.6 Å². The van der Waals surface area contributed by atoms with Gasteiger partial charge in [-0.2, -0.15) is 0 Å². The Balaban J connectivity index is 1.47. The van der Waals surface area contributed by atoms with Crippen LogP contribution >= 0.6 is 15.9 Å². The molecule has 1 heterocycles. The lowest BCUT2D eigenvalue weighted by Gasteiger charge is -2.42. The molecule has 0 unspecified atom stereocenters. The first kappa shape index (κ1) is 26.4. The van der Waals surface area contributed by atoms with E-state index in [0.717, 1.165) is 10.5 Å². The summed E-state index contributed by atoms with van der Waals surface area (Å²) < 4.78 is 5.44. The fourth-order valence-electron chi connectivity index (χ4n) is 6.54. The fraction of sp³-hybridized carbons (Fsp3) is 0.241. The van der Waals surface area contributed by atoms with Crippen molar-refractivity contribution in [1.29, 1.82) is 0 Å². The molecule has 1 fully saturated rings. The van der Waals surface area contributed by atoms with Crippen LogP contribution < -0.4 is 15.1 Å². The van der Waals surface area contributed by atoms with Gasteiger partial charge in [-0.05, 0) is 70.0 Å². The number of fused-ring (bicyclic) bond motifs is 3. The standard InChI is InChI=1S/C29H23BBrNO8/c1-40-23-9-13(5-8-21(23)33)24-16-6-7-17-25(18(16)11-19-26(24)22(34)12-20(31)27(19)35)29(37)32(28(17)36)15-4-2-3-14(10-15)30(38)39/h2-6,8-10,12,17-18,24-25,33,38-39H,7,11H2,1H3/t17-,18+,24-,25-/m0/s1. The molecule has 1 saturated heterocycles. The topological polar surface area (TPSA) is 141 Å². The molecule has 3 N–H and O–H groups in total. The van der Waals surface area contributed by atoms with Crippen molar-refractivity contribution in [2.45, 2.75) is 18.8 Å². The number of rotatable bonds is 4. The number of phenols is 1. The molecule has 0 aromatic heterocycles. The molecular weight excluding hydrogens is 581 g/mol. The Kier molecular flexibility index (Phi) is 6.40. The number of methoxy groups -OCH3 is 1. The molecule has 2 aromatic rings. The van der Waals surface area contributed by atoms with Crippen molar-refractivity contribution in [2.75, 3.05) is 12.0 Å². The van der Waals surface area contributed by atoms with E-state index in [1.165, 1.54) is 31.4 Å². The molecule has 2 aromatic carbocycles. The number of nitrogens with zero attached hydrogens (tertiary/aromatic N) is 1. The summed E-state index contributed by atoms with van der Waals surface area (Å²) in [5, 5.41) is 29.4. The number of carbonyl (C=O) groups is 4. The van der Waals surface area contributed by atoms with Crippen molar-refractivity contribution in [1.82, 2.24) is 0 Å². The minimum atomic E-state index is -1.77. The lowest BCUT2D eigenvalue weighted by atomic mass is 9.59. The lowest BCUT2D eigenvalue weighted by molar-refractivity contribution is -0.123. The zero-order valence-electron chi connectivity index (χ0n) is 21.2. The van der Waals surface area contributed by atoms with Crippen LogP contribution in [0.3, 0.4) is 0 Å². The number of hydrogen-bond acceptors (Lipinski definition) is 8. The van der Waals surface area contributed by atoms with Crippen molar-refractivity contribution < 1.29 is 39.1 Å². The first-order valence-corrected chi connectivity index (χ1v) is 13.5. The molecule has 202 valence electrons. The number of allylic oxidation sites excluding steroid dienone is 6. The van der Waals surface area contributed by atoms with E-state index >= 15 is 0 Å². The smallest absolute Gasteiger partial charge is 0.488 e. The highest BCUT2D eigenvalue weighted by atomic mass is 79.9. The van der Waals surface area contributed by atoms with Gasteiger partial charge in [0.15, 0.2) is 23.1 Å². The predicted octanol–water partition coefficient (Wildman–Crippen LogP) is 2.05. The van der Waals surface area contributed by atoms with E-state index in [2.05, 4.69) is 15.9 Å². The molecule has 1 aliphatic heterocycles. The lowest BCUT2D eigenvalue weighted by Crippen LogP contribution is -2.39. The van der Waals surface area contributed by atoms with Crippen molar-refractivity contribution in [2.24, 2.45) is 17.8 Å². The van der Waals surface area contributed by atoms with Crippen LogP contribution in [-0.4, -0.2) is 52.8 Å². The van der Waals surface area contributed by atoms with Gasteiger partial charge >= 0.3 is 7.12 Å². The number of halogens is 1. The van der Waals surface area contributed by atoms with Crippen LogP contribution in [0.15, 0.2) is 75.8 Å². The van der Waals surface area contributed by atoms with Gasteiger partial charge in [0.1, 0.15) is 0 Å². The summed E-state index contributed by atoms with van der Waals surface area (Å²) in [6.45, 7) is 0. The number of amides is 2. The molecule has 9 nitrogen and oxygen atoms in total. The van der Waals surface area contributed by atoms with Crippen molar-refractivity contribution in [3.05, 3.63) is 81.4 Å². The zero-order chi connectivity index (χ0) is 28.5. The highest BCUT2D eigenvalue weighted by Gasteiger charge is 2.56. The number of Topliss-reactive ketones (excluding diaryl/α,β-unsaturated/α-hetero) is 1. The molecule has 0 saturated carbocycles. The number of benzene rings is 2. The third-order valence-corrected chi connectivity index (χ3v) is 8.88. The summed E-state index contributed by atoms with van der Waals surface area (Å²) >= 11 is 3.21. The Morgan fingerprint density at radius 1 is 1.02 bits per heavy atom. The highest BCUT2D eigenvalue weighted by molar-refractivity contribution is 9.12. The van der Waals surface area contributed by atoms with Crippen LogP contribution in [0.4, 0.5) is 5.69 Å². The molecule has 0 radical (unpaired) electrons. The van der Waals surface area contributed by atoms with Gasteiger partial charge in [0.25, 0.3) is 0 Å². The predicted molar refractivity (Wildman–Crippen MR) is 148 cm³/mol. The van der Waals surface area contributed by atoms with Crippen LogP contribution in [-0.2, 0) is 19.2 Å². The molecule has 4 aliphatic rings. The second kappa shape index (κ2) is 9.69. The normalized spacial score (nSPS) is 25.8. The van der Waals surface area contributed by atoms with Crippen LogP contribution in [0.1, 0.15) is 24.3 Å². The summed E-state index contributed by atoms with van der Waals surface area (Å²) in [6, 6.07) is 10.7. The van der Waals surface area contributed by atoms with Gasteiger partial charge in [0.05, 0.1) is 29.1 Å². The Labute approximate surface area is 237 Å². The number of anilines is 1. The molecule has 40 heavy (non-hydrogen) atoms. The van der Waals surface area contributed by atoms with Crippen LogP contribution in [0.25, 0.3) is 0 Å². The van der Waals surface area contributed by atoms with Crippen molar-refractivity contribution in [3.63, 3.8) is 0 Å². The van der Waals surface area contributed by atoms with Crippen LogP contribution in [0.2, 0.25) is 0 Å². The highest BCUT2D eigenvalue weighted by Crippen LogP contribution is 2.56. The van der Waals surface area contributed by atoms with Gasteiger partial charge in [-0.25, -0.2) is 0 Å². The summed E-state index contributed by atoms with van der Waals surface area (Å²) in [4.78, 5) is 55.3. The van der Waals surface area contributed by atoms with Gasteiger partial charge < -0.3 is 19.9 Å². The molecule has 2 amide bonds. The average molecular weight is 604 g/mol. The van der Waals surface area contributed by atoms with Crippen molar-refractivity contribution >= 4 is 57.6 Å². The molecule has 0 bridgehead atoms. The van der Waals surface area contributed by atoms with E-state index in [0.29, 0.717) is 16.7 Å². The Bertz CT molecular complexity index is 1610. The summed E-state index contributed by atoms with van der Waals surface area (Å²) in [5.74, 6) is -4.05. The van der Waals surface area contributed by atoms with Crippen LogP contribution in [0.5, 0.6) is 11.5 Å². The molecule has 3 aliphatic carbocycles. The van der Waals surface area contributed by atoms with Crippen LogP contribution in [0, 0.1) is 17.8 Å². The zero-order valence-corrected chi connectivity index (χ0v) is 22.8. The summed E-state index contributed by atoms with van der Waals surface area (Å²) in [5.41, 5.74) is 2.37. The Morgan fingerprint density at radius 3 is 2.52 bits per heavy atom. The minimum Gasteiger partial charge on any atom is -0.504 e. The maximum atomic E-state index is 14.0. The Hall–Kier alpha value is -3.80. The SMILES string of the molecule is COc1cc([C@H]2C3=CC[C@@H]4C(=O)N(c5cccc(B(O)O)c5)C(=O)[C@@H]4[C@@H]3CC3=C2C(=O)C=C(Br)C3=O)ccc1O. The van der Waals surface area contributed by atoms with Gasteiger partial charge in [0, 0.05) is 23.1 Å². The number of aromatic hydroxyl groups is 1. The third kappa shape index (κ3) is 3.91. The van der Waals surface area contributed by atoms with Gasteiger partial charge in [-0.1, -0.05) is 29.8 Å². The maximum absolute atomic E-state index is 14.0. The number of phenolic OH excluding ortho intramolecular Hbond substituents is 1. The van der Waals surface area contributed by atoms with E-state index in [-0.39, 0.29) is 51.5 Å². The monoisotopic (exact) mass is 603 g/mol. The first-order valence-electron chi connectivity index (χ1n) is 12.7. The van der Waals surface area contributed by atoms with Gasteiger partial charge in [-0.3, -0.25) is 24.1 Å². The third-order valence-electron chi connectivity index (χ3n) is 8.29. The summed E-state index contributed by atoms with van der Waals surface area (Å²) in [7, 11) is -0.356. The number of imide groups is 1. The fourth-order valence-corrected chi connectivity index (χ4v) is 6.99. The quantitative estimate of drug-likeness (QED) is 0.209. The molecule has 4 atom stereocenters. The second-order valence-corrected chi connectivity index (χ2v) is 11.2. The molecule has 11 heteroatoms. The van der Waals surface area contributed by atoms with E-state index in [9.17, 15) is 34.3 Å². The van der Waals surface area contributed by atoms with E-state index in [4.69, 9.17) is 4.74 Å². The average Bonchev–Trinajstić information content (AvgIpc) is 3.20. The van der Waals surface area contributed by atoms with Crippen molar-refractivity contribution in [3.8, 4) is 11.5 Å². The molecule has 0 spiro atoms. The Morgan fingerprint density at radius 2 is 1.80 bits per heavy atom. The molecular formula is C29H23BBrNO8. The molecule has 6 rings (SSSR count). The minimum absolute atomic E-state index is 0.0818. The van der Waals surface area contributed by atoms with Gasteiger partial charge in [0.2, 0.25) is 11.8 Å².